The van der Waals surface area contributed by atoms with E-state index in [4.69, 9.17) is 0 Å². The molecule has 0 aliphatic heterocycles. The Morgan fingerprint density at radius 2 is 2.16 bits per heavy atom. The summed E-state index contributed by atoms with van der Waals surface area (Å²) in [5.74, 6) is -0.715. The van der Waals surface area contributed by atoms with Crippen LogP contribution < -0.4 is 0 Å². The first-order valence-electron chi connectivity index (χ1n) is 6.80. The van der Waals surface area contributed by atoms with Gasteiger partial charge in [0.05, 0.1) is 12.1 Å². The van der Waals surface area contributed by atoms with Gasteiger partial charge in [0.2, 0.25) is 0 Å². The molecule has 6 heteroatoms. The van der Waals surface area contributed by atoms with Crippen LogP contribution in [0.5, 0.6) is 0 Å². The van der Waals surface area contributed by atoms with Crippen LogP contribution in [-0.2, 0) is 18.4 Å². The Kier molecular flexibility index (Phi) is 4.19. The highest BCUT2D eigenvalue weighted by molar-refractivity contribution is 5.68. The zero-order chi connectivity index (χ0) is 13.9. The summed E-state index contributed by atoms with van der Waals surface area (Å²) < 4.78 is 1.67. The fraction of sp³-hybridized carbons (Fsp3) is 0.769. The molecule has 1 aliphatic rings. The van der Waals surface area contributed by atoms with E-state index < -0.39 is 5.97 Å². The molecule has 1 heterocycles. The summed E-state index contributed by atoms with van der Waals surface area (Å²) in [6, 6.07) is 0. The minimum Gasteiger partial charge on any atom is -0.481 e. The van der Waals surface area contributed by atoms with Crippen LogP contribution >= 0.6 is 0 Å². The highest BCUT2D eigenvalue weighted by Crippen LogP contribution is 2.36. The molecular weight excluding hydrogens is 244 g/mol. The Morgan fingerprint density at radius 3 is 2.68 bits per heavy atom. The SMILES string of the molecule is CN(Cc1cn(C)nn1)C1(CC(=O)O)CCCCC1. The molecular formula is C13H22N4O2. The first kappa shape index (κ1) is 14.0. The first-order valence-corrected chi connectivity index (χ1v) is 6.80. The summed E-state index contributed by atoms with van der Waals surface area (Å²) in [5, 5.41) is 17.2. The lowest BCUT2D eigenvalue weighted by Gasteiger charge is -2.43. The molecule has 1 aliphatic carbocycles. The Bertz CT molecular complexity index is 438. The monoisotopic (exact) mass is 266 g/mol. The molecule has 0 amide bonds. The number of carbonyl (C=O) groups is 1. The van der Waals surface area contributed by atoms with E-state index >= 15 is 0 Å². The molecule has 1 N–H and O–H groups in total. The third-order valence-electron chi connectivity index (χ3n) is 4.12. The molecule has 0 saturated heterocycles. The van der Waals surface area contributed by atoms with Gasteiger partial charge in [0.25, 0.3) is 0 Å². The Balaban J connectivity index is 2.10. The fourth-order valence-corrected chi connectivity index (χ4v) is 3.06. The first-order chi connectivity index (χ1) is 9.02. The smallest absolute Gasteiger partial charge is 0.305 e. The van der Waals surface area contributed by atoms with Gasteiger partial charge in [-0.1, -0.05) is 24.5 Å². The molecule has 0 atom stereocenters. The molecule has 0 bridgehead atoms. The summed E-state index contributed by atoms with van der Waals surface area (Å²) >= 11 is 0. The maximum absolute atomic E-state index is 11.2. The van der Waals surface area contributed by atoms with Gasteiger partial charge >= 0.3 is 5.97 Å². The molecule has 1 saturated carbocycles. The zero-order valence-electron chi connectivity index (χ0n) is 11.7. The van der Waals surface area contributed by atoms with E-state index in [1.165, 1.54) is 6.42 Å². The number of aromatic nitrogens is 3. The molecule has 1 aromatic rings. The predicted octanol–water partition coefficient (Wildman–Crippen LogP) is 1.42. The highest BCUT2D eigenvalue weighted by Gasteiger charge is 2.38. The standard InChI is InChI=1S/C13H22N4O2/c1-16(9-11-10-17(2)15-14-11)13(8-12(18)19)6-4-3-5-7-13/h10H,3-9H2,1-2H3,(H,18,19). The largest absolute Gasteiger partial charge is 0.481 e. The Labute approximate surface area is 113 Å². The van der Waals surface area contributed by atoms with Crippen molar-refractivity contribution in [2.75, 3.05) is 7.05 Å². The van der Waals surface area contributed by atoms with Crippen molar-refractivity contribution in [3.8, 4) is 0 Å². The average Bonchev–Trinajstić information content (AvgIpc) is 2.75. The van der Waals surface area contributed by atoms with Crippen LogP contribution in [0.2, 0.25) is 0 Å². The van der Waals surface area contributed by atoms with E-state index in [2.05, 4.69) is 15.2 Å². The summed E-state index contributed by atoms with van der Waals surface area (Å²) in [6.45, 7) is 0.654. The van der Waals surface area contributed by atoms with Crippen LogP contribution in [0.4, 0.5) is 0 Å². The normalized spacial score (nSPS) is 18.7. The van der Waals surface area contributed by atoms with Crippen LogP contribution in [0.3, 0.4) is 0 Å². The van der Waals surface area contributed by atoms with Gasteiger partial charge < -0.3 is 5.11 Å². The maximum atomic E-state index is 11.2. The minimum absolute atomic E-state index is 0.212. The molecule has 1 aromatic heterocycles. The summed E-state index contributed by atoms with van der Waals surface area (Å²) in [5.41, 5.74) is 0.669. The third-order valence-corrected chi connectivity index (χ3v) is 4.12. The third kappa shape index (κ3) is 3.32. The van der Waals surface area contributed by atoms with Gasteiger partial charge in [-0.25, -0.2) is 0 Å². The second-order valence-electron chi connectivity index (χ2n) is 5.60. The van der Waals surface area contributed by atoms with Crippen molar-refractivity contribution >= 4 is 5.97 Å². The molecule has 0 unspecified atom stereocenters. The van der Waals surface area contributed by atoms with Gasteiger partial charge in [-0.3, -0.25) is 14.4 Å². The lowest BCUT2D eigenvalue weighted by molar-refractivity contribution is -0.141. The molecule has 1 fully saturated rings. The summed E-state index contributed by atoms with van der Waals surface area (Å²) in [4.78, 5) is 13.3. The Morgan fingerprint density at radius 1 is 1.47 bits per heavy atom. The van der Waals surface area contributed by atoms with Crippen molar-refractivity contribution < 1.29 is 9.90 Å². The van der Waals surface area contributed by atoms with E-state index in [0.29, 0.717) is 6.54 Å². The maximum Gasteiger partial charge on any atom is 0.305 e. The van der Waals surface area contributed by atoms with Crippen LogP contribution in [0.1, 0.15) is 44.2 Å². The van der Waals surface area contributed by atoms with E-state index in [1.807, 2.05) is 20.3 Å². The van der Waals surface area contributed by atoms with Crippen molar-refractivity contribution in [3.05, 3.63) is 11.9 Å². The van der Waals surface area contributed by atoms with Crippen LogP contribution in [0.15, 0.2) is 6.20 Å². The van der Waals surface area contributed by atoms with Crippen molar-refractivity contribution in [1.82, 2.24) is 19.9 Å². The molecule has 19 heavy (non-hydrogen) atoms. The van der Waals surface area contributed by atoms with Gasteiger partial charge in [-0.15, -0.1) is 5.10 Å². The number of rotatable bonds is 5. The molecule has 106 valence electrons. The van der Waals surface area contributed by atoms with Gasteiger partial charge in [0, 0.05) is 25.3 Å². The highest BCUT2D eigenvalue weighted by atomic mass is 16.4. The van der Waals surface area contributed by atoms with Crippen molar-refractivity contribution in [1.29, 1.82) is 0 Å². The van der Waals surface area contributed by atoms with E-state index in [1.54, 1.807) is 4.68 Å². The second kappa shape index (κ2) is 5.69. The summed E-state index contributed by atoms with van der Waals surface area (Å²) in [7, 11) is 3.84. The number of carboxylic acids is 1. The van der Waals surface area contributed by atoms with Gasteiger partial charge in [-0.2, -0.15) is 0 Å². The number of aryl methyl sites for hydroxylation is 1. The number of nitrogens with zero attached hydrogens (tertiary/aromatic N) is 4. The number of hydrogen-bond acceptors (Lipinski definition) is 4. The van der Waals surface area contributed by atoms with Gasteiger partial charge in [0.1, 0.15) is 0 Å². The quantitative estimate of drug-likeness (QED) is 0.872. The van der Waals surface area contributed by atoms with E-state index in [9.17, 15) is 9.90 Å². The molecule has 0 spiro atoms. The van der Waals surface area contributed by atoms with Crippen LogP contribution in [0.25, 0.3) is 0 Å². The number of hydrogen-bond donors (Lipinski definition) is 1. The fourth-order valence-electron chi connectivity index (χ4n) is 3.06. The lowest BCUT2D eigenvalue weighted by Crippen LogP contribution is -2.49. The molecule has 6 nitrogen and oxygen atoms in total. The van der Waals surface area contributed by atoms with Crippen molar-refractivity contribution in [2.24, 2.45) is 7.05 Å². The molecule has 2 rings (SSSR count). The predicted molar refractivity (Wildman–Crippen MR) is 70.5 cm³/mol. The van der Waals surface area contributed by atoms with Crippen LogP contribution in [0, 0.1) is 0 Å². The van der Waals surface area contributed by atoms with Gasteiger partial charge in [-0.05, 0) is 19.9 Å². The van der Waals surface area contributed by atoms with Crippen molar-refractivity contribution in [3.63, 3.8) is 0 Å². The average molecular weight is 266 g/mol. The second-order valence-corrected chi connectivity index (χ2v) is 5.60. The molecule has 0 aromatic carbocycles. The molecule has 0 radical (unpaired) electrons. The minimum atomic E-state index is -0.715. The topological polar surface area (TPSA) is 71.2 Å². The van der Waals surface area contributed by atoms with E-state index in [-0.39, 0.29) is 12.0 Å². The zero-order valence-corrected chi connectivity index (χ0v) is 11.7. The van der Waals surface area contributed by atoms with Crippen molar-refractivity contribution in [2.45, 2.75) is 50.6 Å². The number of carboxylic acid groups (broad SMARTS) is 1. The Hall–Kier alpha value is -1.43. The van der Waals surface area contributed by atoms with E-state index in [0.717, 1.165) is 31.4 Å². The van der Waals surface area contributed by atoms with Crippen LogP contribution in [-0.4, -0.2) is 43.6 Å². The lowest BCUT2D eigenvalue weighted by atomic mass is 9.78. The summed E-state index contributed by atoms with van der Waals surface area (Å²) in [6.07, 6.45) is 7.43. The number of aliphatic carboxylic acids is 1. The van der Waals surface area contributed by atoms with Gasteiger partial charge in [0.15, 0.2) is 0 Å².